The van der Waals surface area contributed by atoms with Crippen molar-refractivity contribution in [2.45, 2.75) is 4.21 Å². The maximum Gasteiger partial charge on any atom is 0.336 e. The molecule has 2 rings (SSSR count). The molecule has 9 heteroatoms. The number of aromatic carboxylic acids is 1. The van der Waals surface area contributed by atoms with E-state index in [-0.39, 0.29) is 9.77 Å². The Hall–Kier alpha value is -1.87. The molecule has 0 aliphatic rings. The lowest BCUT2D eigenvalue weighted by atomic mass is 10.4. The van der Waals surface area contributed by atoms with Crippen molar-refractivity contribution in [3.63, 3.8) is 0 Å². The minimum Gasteiger partial charge on any atom is -0.478 e. The molecule has 2 aromatic rings. The summed E-state index contributed by atoms with van der Waals surface area (Å²) < 4.78 is 27.5. The minimum absolute atomic E-state index is 0.0495. The van der Waals surface area contributed by atoms with Crippen LogP contribution in [0, 0.1) is 0 Å². The molecule has 0 aliphatic carbocycles. The molecule has 0 amide bonds. The summed E-state index contributed by atoms with van der Waals surface area (Å²) in [6.07, 6.45) is 2.87. The van der Waals surface area contributed by atoms with E-state index in [1.165, 1.54) is 22.5 Å². The van der Waals surface area contributed by atoms with Gasteiger partial charge in [0.15, 0.2) is 0 Å². The van der Waals surface area contributed by atoms with Gasteiger partial charge in [-0.1, -0.05) is 0 Å². The molecule has 18 heavy (non-hydrogen) atoms. The SMILES string of the molecule is Cn1cc(NS(=O)(=O)c2cc(C(=O)O)cs2)cn1. The molecule has 0 spiro atoms. The van der Waals surface area contributed by atoms with Crippen molar-refractivity contribution < 1.29 is 18.3 Å². The first-order chi connectivity index (χ1) is 8.38. The zero-order valence-electron chi connectivity index (χ0n) is 9.19. The second kappa shape index (κ2) is 4.42. The average molecular weight is 287 g/mol. The molecule has 0 saturated carbocycles. The van der Waals surface area contributed by atoms with Crippen LogP contribution in [-0.4, -0.2) is 29.3 Å². The molecule has 0 aliphatic heterocycles. The van der Waals surface area contributed by atoms with E-state index in [2.05, 4.69) is 9.82 Å². The molecule has 0 fully saturated rings. The zero-order valence-corrected chi connectivity index (χ0v) is 10.8. The fourth-order valence-electron chi connectivity index (χ4n) is 1.25. The number of nitrogens with zero attached hydrogens (tertiary/aromatic N) is 2. The number of carboxylic acids is 1. The summed E-state index contributed by atoms with van der Waals surface area (Å²) >= 11 is 0.852. The number of thiophene rings is 1. The van der Waals surface area contributed by atoms with E-state index in [1.807, 2.05) is 0 Å². The first-order valence-corrected chi connectivity index (χ1v) is 7.08. The van der Waals surface area contributed by atoms with Crippen LogP contribution in [0.2, 0.25) is 0 Å². The molecule has 7 nitrogen and oxygen atoms in total. The summed E-state index contributed by atoms with van der Waals surface area (Å²) in [6, 6.07) is 1.12. The van der Waals surface area contributed by atoms with Crippen LogP contribution in [0.5, 0.6) is 0 Å². The van der Waals surface area contributed by atoms with E-state index >= 15 is 0 Å². The molecule has 0 bridgehead atoms. The number of sulfonamides is 1. The van der Waals surface area contributed by atoms with E-state index in [4.69, 9.17) is 5.11 Å². The number of nitrogens with one attached hydrogen (secondary N) is 1. The van der Waals surface area contributed by atoms with Crippen LogP contribution in [-0.2, 0) is 17.1 Å². The Balaban J connectivity index is 2.27. The fraction of sp³-hybridized carbons (Fsp3) is 0.111. The number of carboxylic acid groups (broad SMARTS) is 1. The van der Waals surface area contributed by atoms with Crippen molar-refractivity contribution >= 4 is 33.0 Å². The molecule has 0 radical (unpaired) electrons. The summed E-state index contributed by atoms with van der Waals surface area (Å²) in [5.41, 5.74) is 0.273. The van der Waals surface area contributed by atoms with Crippen LogP contribution < -0.4 is 4.72 Å². The van der Waals surface area contributed by atoms with Crippen molar-refractivity contribution in [2.24, 2.45) is 7.05 Å². The van der Waals surface area contributed by atoms with E-state index in [0.29, 0.717) is 5.69 Å². The van der Waals surface area contributed by atoms with Gasteiger partial charge in [-0.05, 0) is 6.07 Å². The maximum absolute atomic E-state index is 11.9. The largest absolute Gasteiger partial charge is 0.478 e. The number of aryl methyl sites for hydroxylation is 1. The molecular weight excluding hydrogens is 278 g/mol. The Kier molecular flexibility index (Phi) is 3.09. The van der Waals surface area contributed by atoms with Crippen LogP contribution in [0.3, 0.4) is 0 Å². The smallest absolute Gasteiger partial charge is 0.336 e. The van der Waals surface area contributed by atoms with Gasteiger partial charge in [0.2, 0.25) is 0 Å². The number of rotatable bonds is 4. The van der Waals surface area contributed by atoms with E-state index in [0.717, 1.165) is 17.4 Å². The van der Waals surface area contributed by atoms with Crippen LogP contribution in [0.1, 0.15) is 10.4 Å². The Morgan fingerprint density at radius 3 is 2.78 bits per heavy atom. The zero-order chi connectivity index (χ0) is 13.3. The van der Waals surface area contributed by atoms with Crippen molar-refractivity contribution in [2.75, 3.05) is 4.72 Å². The Labute approximate surface area is 107 Å². The third kappa shape index (κ3) is 2.51. The highest BCUT2D eigenvalue weighted by Gasteiger charge is 2.19. The van der Waals surface area contributed by atoms with Crippen molar-refractivity contribution in [1.29, 1.82) is 0 Å². The highest BCUT2D eigenvalue weighted by atomic mass is 32.2. The lowest BCUT2D eigenvalue weighted by molar-refractivity contribution is 0.0697. The monoisotopic (exact) mass is 287 g/mol. The van der Waals surface area contributed by atoms with Gasteiger partial charge in [-0.25, -0.2) is 13.2 Å². The molecule has 96 valence electrons. The summed E-state index contributed by atoms with van der Waals surface area (Å²) in [5, 5.41) is 13.8. The number of anilines is 1. The number of hydrogen-bond acceptors (Lipinski definition) is 5. The van der Waals surface area contributed by atoms with Gasteiger partial charge in [0.1, 0.15) is 4.21 Å². The second-order valence-electron chi connectivity index (χ2n) is 3.47. The van der Waals surface area contributed by atoms with Crippen LogP contribution in [0.25, 0.3) is 0 Å². The molecule has 0 unspecified atom stereocenters. The number of aromatic nitrogens is 2. The summed E-state index contributed by atoms with van der Waals surface area (Å²) in [4.78, 5) is 10.7. The van der Waals surface area contributed by atoms with Crippen molar-refractivity contribution in [3.05, 3.63) is 29.4 Å². The van der Waals surface area contributed by atoms with Gasteiger partial charge in [0, 0.05) is 18.6 Å². The highest BCUT2D eigenvalue weighted by molar-refractivity contribution is 7.94. The molecular formula is C9H9N3O4S2. The van der Waals surface area contributed by atoms with Gasteiger partial charge in [0.05, 0.1) is 17.4 Å². The van der Waals surface area contributed by atoms with Crippen LogP contribution in [0.15, 0.2) is 28.0 Å². The van der Waals surface area contributed by atoms with Crippen LogP contribution >= 0.6 is 11.3 Å². The van der Waals surface area contributed by atoms with Gasteiger partial charge in [-0.2, -0.15) is 5.10 Å². The highest BCUT2D eigenvalue weighted by Crippen LogP contribution is 2.22. The first kappa shape index (κ1) is 12.6. The van der Waals surface area contributed by atoms with E-state index < -0.39 is 16.0 Å². The second-order valence-corrected chi connectivity index (χ2v) is 6.29. The van der Waals surface area contributed by atoms with Crippen LogP contribution in [0.4, 0.5) is 5.69 Å². The normalized spacial score (nSPS) is 11.4. The van der Waals surface area contributed by atoms with Crippen molar-refractivity contribution in [3.8, 4) is 0 Å². The summed E-state index contributed by atoms with van der Waals surface area (Å²) in [5.74, 6) is -1.16. The quantitative estimate of drug-likeness (QED) is 0.873. The Morgan fingerprint density at radius 1 is 1.56 bits per heavy atom. The molecule has 0 atom stereocenters. The molecule has 0 aromatic carbocycles. The van der Waals surface area contributed by atoms with E-state index in [1.54, 1.807) is 7.05 Å². The van der Waals surface area contributed by atoms with Gasteiger partial charge < -0.3 is 5.11 Å². The molecule has 2 heterocycles. The fourth-order valence-corrected chi connectivity index (χ4v) is 3.43. The average Bonchev–Trinajstić information content (AvgIpc) is 2.86. The molecule has 0 saturated heterocycles. The predicted octanol–water partition coefficient (Wildman–Crippen LogP) is 0.981. The minimum atomic E-state index is -3.76. The van der Waals surface area contributed by atoms with Crippen molar-refractivity contribution in [1.82, 2.24) is 9.78 Å². The van der Waals surface area contributed by atoms with Gasteiger partial charge >= 0.3 is 5.97 Å². The number of hydrogen-bond donors (Lipinski definition) is 2. The summed E-state index contributed by atoms with van der Waals surface area (Å²) in [6.45, 7) is 0. The Morgan fingerprint density at radius 2 is 2.28 bits per heavy atom. The predicted molar refractivity (Wildman–Crippen MR) is 65.3 cm³/mol. The Bertz CT molecular complexity index is 686. The third-order valence-electron chi connectivity index (χ3n) is 2.04. The molecule has 2 aromatic heterocycles. The summed E-state index contributed by atoms with van der Waals surface area (Å²) in [7, 11) is -2.10. The topological polar surface area (TPSA) is 101 Å². The third-order valence-corrected chi connectivity index (χ3v) is 4.87. The van der Waals surface area contributed by atoms with Gasteiger partial charge in [-0.15, -0.1) is 11.3 Å². The van der Waals surface area contributed by atoms with Gasteiger partial charge in [-0.3, -0.25) is 9.40 Å². The number of carbonyl (C=O) groups is 1. The van der Waals surface area contributed by atoms with E-state index in [9.17, 15) is 13.2 Å². The maximum atomic E-state index is 11.9. The standard InChI is InChI=1S/C9H9N3O4S2/c1-12-4-7(3-10-12)11-18(15,16)8-2-6(5-17-8)9(13)14/h2-5,11H,1H3,(H,13,14). The lowest BCUT2D eigenvalue weighted by Gasteiger charge is -2.02. The lowest BCUT2D eigenvalue weighted by Crippen LogP contribution is -2.11. The first-order valence-electron chi connectivity index (χ1n) is 4.72. The van der Waals surface area contributed by atoms with Gasteiger partial charge in [0.25, 0.3) is 10.0 Å². The molecule has 2 N–H and O–H groups in total.